The van der Waals surface area contributed by atoms with Crippen molar-refractivity contribution in [3.63, 3.8) is 0 Å². The highest BCUT2D eigenvalue weighted by Gasteiger charge is 2.22. The van der Waals surface area contributed by atoms with Gasteiger partial charge in [-0.1, -0.05) is 25.1 Å². The summed E-state index contributed by atoms with van der Waals surface area (Å²) in [6, 6.07) is 6.71. The summed E-state index contributed by atoms with van der Waals surface area (Å²) < 4.78 is 0. The van der Waals surface area contributed by atoms with Gasteiger partial charge in [0.05, 0.1) is 0 Å². The second kappa shape index (κ2) is 5.68. The van der Waals surface area contributed by atoms with Gasteiger partial charge in [0.2, 0.25) is 0 Å². The zero-order chi connectivity index (χ0) is 12.3. The van der Waals surface area contributed by atoms with Crippen molar-refractivity contribution in [2.75, 3.05) is 19.6 Å². The summed E-state index contributed by atoms with van der Waals surface area (Å²) in [6.07, 6.45) is 4.00. The van der Waals surface area contributed by atoms with E-state index in [1.165, 1.54) is 50.0 Å². The van der Waals surface area contributed by atoms with Gasteiger partial charge in [-0.05, 0) is 68.8 Å². The Hall–Kier alpha value is -0.820. The molecule has 0 bridgehead atoms. The van der Waals surface area contributed by atoms with Gasteiger partial charge in [0.1, 0.15) is 0 Å². The quantitative estimate of drug-likeness (QED) is 0.763. The van der Waals surface area contributed by atoms with Crippen LogP contribution in [0.25, 0.3) is 0 Å². The third-order valence-corrected chi connectivity index (χ3v) is 4.00. The first-order valence-corrected chi connectivity index (χ1v) is 7.00. The molecule has 2 rings (SSSR count). The Kier molecular flexibility index (Phi) is 4.22. The number of hydrogen-bond donors (Lipinski definition) is 0. The molecule has 1 atom stereocenters. The van der Waals surface area contributed by atoms with Crippen LogP contribution in [0.2, 0.25) is 0 Å². The molecule has 1 aliphatic heterocycles. The summed E-state index contributed by atoms with van der Waals surface area (Å²) in [5.41, 5.74) is 4.58. The Morgan fingerprint density at radius 3 is 2.59 bits per heavy atom. The minimum absolute atomic E-state index is 0.761. The Morgan fingerprint density at radius 1 is 1.24 bits per heavy atom. The molecule has 1 nitrogen and oxygen atoms in total. The molecule has 1 aliphatic rings. The summed E-state index contributed by atoms with van der Waals surface area (Å²) in [5, 5.41) is 0. The largest absolute Gasteiger partial charge is 0.303 e. The van der Waals surface area contributed by atoms with Crippen LogP contribution in [0, 0.1) is 13.8 Å². The second-order valence-electron chi connectivity index (χ2n) is 5.45. The maximum Gasteiger partial charge on any atom is 0.00505 e. The molecule has 1 heterocycles. The fourth-order valence-corrected chi connectivity index (χ4v) is 3.28. The summed E-state index contributed by atoms with van der Waals surface area (Å²) in [7, 11) is 0. The van der Waals surface area contributed by atoms with Crippen LogP contribution in [0.5, 0.6) is 0 Å². The van der Waals surface area contributed by atoms with Gasteiger partial charge in [-0.3, -0.25) is 0 Å². The van der Waals surface area contributed by atoms with E-state index in [9.17, 15) is 0 Å². The molecule has 0 aromatic heterocycles. The second-order valence-corrected chi connectivity index (χ2v) is 5.45. The molecule has 1 saturated heterocycles. The summed E-state index contributed by atoms with van der Waals surface area (Å²) in [6.45, 7) is 10.6. The van der Waals surface area contributed by atoms with Gasteiger partial charge in [0.25, 0.3) is 0 Å². The molecule has 17 heavy (non-hydrogen) atoms. The highest BCUT2D eigenvalue weighted by Crippen LogP contribution is 2.31. The molecule has 0 spiro atoms. The van der Waals surface area contributed by atoms with Crippen LogP contribution in [0.1, 0.15) is 48.8 Å². The first-order valence-electron chi connectivity index (χ1n) is 7.00. The molecule has 1 aromatic rings. The van der Waals surface area contributed by atoms with Gasteiger partial charge in [-0.2, -0.15) is 0 Å². The van der Waals surface area contributed by atoms with Gasteiger partial charge in [0, 0.05) is 6.54 Å². The van der Waals surface area contributed by atoms with Crippen molar-refractivity contribution in [3.05, 3.63) is 34.9 Å². The van der Waals surface area contributed by atoms with Crippen LogP contribution in [-0.2, 0) is 0 Å². The van der Waals surface area contributed by atoms with E-state index in [0.29, 0.717) is 0 Å². The summed E-state index contributed by atoms with van der Waals surface area (Å²) in [4.78, 5) is 2.64. The lowest BCUT2D eigenvalue weighted by molar-refractivity contribution is 0.208. The van der Waals surface area contributed by atoms with E-state index < -0.39 is 0 Å². The Labute approximate surface area is 106 Å². The van der Waals surface area contributed by atoms with Crippen LogP contribution in [-0.4, -0.2) is 24.5 Å². The average Bonchev–Trinajstić information content (AvgIpc) is 2.30. The van der Waals surface area contributed by atoms with E-state index in [0.717, 1.165) is 5.92 Å². The Morgan fingerprint density at radius 2 is 1.94 bits per heavy atom. The molecule has 0 aliphatic carbocycles. The predicted octanol–water partition coefficient (Wildman–Crippen LogP) is 3.89. The lowest BCUT2D eigenvalue weighted by Gasteiger charge is -2.34. The van der Waals surface area contributed by atoms with Crippen molar-refractivity contribution in [1.82, 2.24) is 4.90 Å². The number of aryl methyl sites for hydroxylation is 2. The lowest BCUT2D eigenvalue weighted by atomic mass is 9.85. The number of hydrogen-bond acceptors (Lipinski definition) is 1. The van der Waals surface area contributed by atoms with E-state index in [2.05, 4.69) is 43.9 Å². The maximum atomic E-state index is 2.64. The highest BCUT2D eigenvalue weighted by atomic mass is 15.1. The Balaban J connectivity index is 2.16. The molecule has 1 aromatic carbocycles. The molecule has 0 amide bonds. The van der Waals surface area contributed by atoms with Crippen molar-refractivity contribution >= 4 is 0 Å². The third kappa shape index (κ3) is 2.90. The van der Waals surface area contributed by atoms with E-state index in [-0.39, 0.29) is 0 Å². The number of nitrogens with zero attached hydrogens (tertiary/aromatic N) is 1. The number of benzene rings is 1. The van der Waals surface area contributed by atoms with Gasteiger partial charge >= 0.3 is 0 Å². The number of rotatable bonds is 3. The fourth-order valence-electron chi connectivity index (χ4n) is 3.28. The summed E-state index contributed by atoms with van der Waals surface area (Å²) in [5.74, 6) is 0.761. The van der Waals surface area contributed by atoms with E-state index in [1.807, 2.05) is 0 Å². The smallest absolute Gasteiger partial charge is 0.00505 e. The topological polar surface area (TPSA) is 3.24 Å². The number of likely N-dealkylation sites (tertiary alicyclic amines) is 1. The summed E-state index contributed by atoms with van der Waals surface area (Å²) >= 11 is 0. The van der Waals surface area contributed by atoms with Gasteiger partial charge in [-0.25, -0.2) is 0 Å². The van der Waals surface area contributed by atoms with Crippen LogP contribution in [0.4, 0.5) is 0 Å². The fraction of sp³-hybridized carbons (Fsp3) is 0.625. The minimum Gasteiger partial charge on any atom is -0.303 e. The zero-order valence-corrected chi connectivity index (χ0v) is 11.5. The van der Waals surface area contributed by atoms with Crippen molar-refractivity contribution in [2.45, 2.75) is 46.0 Å². The first kappa shape index (κ1) is 12.6. The van der Waals surface area contributed by atoms with Gasteiger partial charge in [0.15, 0.2) is 0 Å². The average molecular weight is 231 g/mol. The van der Waals surface area contributed by atoms with E-state index in [1.54, 1.807) is 5.56 Å². The van der Waals surface area contributed by atoms with E-state index >= 15 is 0 Å². The van der Waals surface area contributed by atoms with Crippen LogP contribution in [0.3, 0.4) is 0 Å². The number of piperidine rings is 1. The molecule has 94 valence electrons. The van der Waals surface area contributed by atoms with Crippen molar-refractivity contribution in [1.29, 1.82) is 0 Å². The molecule has 1 heteroatoms. The zero-order valence-electron chi connectivity index (χ0n) is 11.5. The molecule has 1 unspecified atom stereocenters. The minimum atomic E-state index is 0.761. The van der Waals surface area contributed by atoms with Crippen LogP contribution >= 0.6 is 0 Å². The SMILES string of the molecule is CCCN1CCCC(c2c(C)cccc2C)C1. The van der Waals surface area contributed by atoms with Gasteiger partial charge in [-0.15, -0.1) is 0 Å². The van der Waals surface area contributed by atoms with E-state index in [4.69, 9.17) is 0 Å². The lowest BCUT2D eigenvalue weighted by Crippen LogP contribution is -2.35. The predicted molar refractivity (Wildman–Crippen MR) is 74.6 cm³/mol. The molecule has 0 radical (unpaired) electrons. The van der Waals surface area contributed by atoms with Crippen molar-refractivity contribution < 1.29 is 0 Å². The molecular weight excluding hydrogens is 206 g/mol. The molecule has 1 fully saturated rings. The highest BCUT2D eigenvalue weighted by molar-refractivity contribution is 5.37. The van der Waals surface area contributed by atoms with Crippen LogP contribution in [0.15, 0.2) is 18.2 Å². The first-order chi connectivity index (χ1) is 8.22. The monoisotopic (exact) mass is 231 g/mol. The van der Waals surface area contributed by atoms with Crippen molar-refractivity contribution in [3.8, 4) is 0 Å². The Bertz CT molecular complexity index is 348. The molecule has 0 saturated carbocycles. The normalized spacial score (nSPS) is 21.7. The maximum absolute atomic E-state index is 2.64. The molecule has 0 N–H and O–H groups in total. The van der Waals surface area contributed by atoms with Crippen LogP contribution < -0.4 is 0 Å². The molecular formula is C16H25N. The van der Waals surface area contributed by atoms with Gasteiger partial charge < -0.3 is 4.90 Å². The third-order valence-electron chi connectivity index (χ3n) is 4.00. The van der Waals surface area contributed by atoms with Crippen molar-refractivity contribution in [2.24, 2.45) is 0 Å². The standard InChI is InChI=1S/C16H25N/c1-4-10-17-11-6-9-15(12-17)16-13(2)7-5-8-14(16)3/h5,7-8,15H,4,6,9-12H2,1-3H3.